The minimum Gasteiger partial charge on any atom is -0.779 e. The molecule has 0 aromatic carbocycles. The van der Waals surface area contributed by atoms with Gasteiger partial charge >= 0.3 is 0 Å². The molecule has 0 fully saturated rings. The third-order valence-corrected chi connectivity index (χ3v) is 3.37. The van der Waals surface area contributed by atoms with Gasteiger partial charge in [0.2, 0.25) is 11.8 Å². The van der Waals surface area contributed by atoms with Crippen molar-refractivity contribution in [1.82, 2.24) is 10.2 Å². The van der Waals surface area contributed by atoms with Gasteiger partial charge < -0.3 is 27.6 Å². The van der Waals surface area contributed by atoms with E-state index >= 15 is 0 Å². The largest absolute Gasteiger partial charge is 0.779 e. The van der Waals surface area contributed by atoms with Gasteiger partial charge in [0.05, 0.1) is 0 Å². The van der Waals surface area contributed by atoms with Crippen molar-refractivity contribution in [3.05, 3.63) is 0 Å². The Hall–Kier alpha value is -0.786. The summed E-state index contributed by atoms with van der Waals surface area (Å²) in [6, 6.07) is 0. The Morgan fingerprint density at radius 1 is 1.23 bits per heavy atom. The number of carbonyl (C=O) groups is 4. The van der Waals surface area contributed by atoms with Crippen LogP contribution >= 0.6 is 0 Å². The van der Waals surface area contributed by atoms with Crippen molar-refractivity contribution in [2.45, 2.75) is 38.4 Å². The molecule has 0 aliphatic carbocycles. The van der Waals surface area contributed by atoms with Gasteiger partial charge in [0.25, 0.3) is 0 Å². The van der Waals surface area contributed by atoms with E-state index in [-0.39, 0.29) is 61.5 Å². The summed E-state index contributed by atoms with van der Waals surface area (Å²) < 4.78 is 0. The van der Waals surface area contributed by atoms with Crippen LogP contribution in [0.5, 0.6) is 0 Å². The maximum absolute atomic E-state index is 11.7. The molecule has 0 saturated heterocycles. The van der Waals surface area contributed by atoms with E-state index in [9.17, 15) is 19.2 Å². The van der Waals surface area contributed by atoms with Crippen LogP contribution in [-0.4, -0.2) is 54.2 Å². The fourth-order valence-corrected chi connectivity index (χ4v) is 1.77. The molecule has 0 aromatic rings. The Morgan fingerprint density at radius 3 is 2.32 bits per heavy atom. The quantitative estimate of drug-likeness (QED) is 0.437. The van der Waals surface area contributed by atoms with Crippen molar-refractivity contribution >= 4 is 36.5 Å². The van der Waals surface area contributed by atoms with Crippen LogP contribution in [0.2, 0.25) is 0 Å². The number of rotatable bonds is 10. The van der Waals surface area contributed by atoms with Gasteiger partial charge in [-0.1, -0.05) is 19.1 Å². The maximum Gasteiger partial charge on any atom is 0.221 e. The Bertz CT molecular complexity index is 391. The van der Waals surface area contributed by atoms with Gasteiger partial charge in [0.15, 0.2) is 0 Å². The van der Waals surface area contributed by atoms with Crippen LogP contribution in [0.3, 0.4) is 0 Å². The maximum atomic E-state index is 11.7. The third kappa shape index (κ3) is 10.0. The second-order valence-corrected chi connectivity index (χ2v) is 5.69. The SMILES string of the molecule is CC(C)C(=O)CCNC(=O)CCN(C)C(=O)C([S-])CC=O.[V]. The summed E-state index contributed by atoms with van der Waals surface area (Å²) >= 11 is 4.88. The summed E-state index contributed by atoms with van der Waals surface area (Å²) in [5.41, 5.74) is 0. The van der Waals surface area contributed by atoms with E-state index in [1.807, 2.05) is 13.8 Å². The number of hydrogen-bond acceptors (Lipinski definition) is 5. The predicted molar refractivity (Wildman–Crippen MR) is 81.6 cm³/mol. The van der Waals surface area contributed by atoms with Crippen LogP contribution in [-0.2, 0) is 50.4 Å². The van der Waals surface area contributed by atoms with Crippen molar-refractivity contribution in [3.63, 3.8) is 0 Å². The molecule has 0 aromatic heterocycles. The second kappa shape index (κ2) is 12.7. The standard InChI is InChI=1S/C14H24N2O4S.V/c1-10(2)11(18)4-7-15-13(19)5-8-16(3)14(20)12(21)6-9-17;/h9-10,12,21H,4-8H2,1-3H3,(H,15,19);/p-1. The summed E-state index contributed by atoms with van der Waals surface area (Å²) in [5.74, 6) is -0.486. The summed E-state index contributed by atoms with van der Waals surface area (Å²) in [7, 11) is 1.54. The number of hydrogen-bond donors (Lipinski definition) is 1. The predicted octanol–water partition coefficient (Wildman–Crippen LogP) is 0.0683. The molecule has 1 radical (unpaired) electrons. The molecule has 1 atom stereocenters. The molecule has 0 aliphatic heterocycles. The number of ketones is 1. The Balaban J connectivity index is 0. The van der Waals surface area contributed by atoms with E-state index in [4.69, 9.17) is 12.6 Å². The third-order valence-electron chi connectivity index (χ3n) is 2.97. The molecule has 0 bridgehead atoms. The first-order valence-electron chi connectivity index (χ1n) is 6.93. The summed E-state index contributed by atoms with van der Waals surface area (Å²) in [5, 5.41) is 1.86. The van der Waals surface area contributed by atoms with Gasteiger partial charge in [0.1, 0.15) is 12.1 Å². The molecule has 1 N–H and O–H groups in total. The zero-order chi connectivity index (χ0) is 16.4. The molecule has 0 aliphatic rings. The Morgan fingerprint density at radius 2 is 1.82 bits per heavy atom. The molecule has 0 heterocycles. The number of Topliss-reactive ketones (excluding diaryl/α,β-unsaturated/α-hetero) is 1. The van der Waals surface area contributed by atoms with Crippen molar-refractivity contribution in [2.75, 3.05) is 20.1 Å². The first kappa shape index (κ1) is 23.5. The molecule has 125 valence electrons. The number of carbonyl (C=O) groups excluding carboxylic acids is 4. The van der Waals surface area contributed by atoms with Crippen molar-refractivity contribution in [2.24, 2.45) is 5.92 Å². The van der Waals surface area contributed by atoms with Crippen LogP contribution in [0.4, 0.5) is 0 Å². The molecule has 1 unspecified atom stereocenters. The first-order valence-corrected chi connectivity index (χ1v) is 7.40. The molecule has 8 heteroatoms. The minimum atomic E-state index is -0.778. The van der Waals surface area contributed by atoms with Crippen LogP contribution < -0.4 is 5.32 Å². The molecular formula is C14H23N2O4SV-. The van der Waals surface area contributed by atoms with Crippen LogP contribution in [0, 0.1) is 5.92 Å². The van der Waals surface area contributed by atoms with E-state index in [2.05, 4.69) is 5.32 Å². The fraction of sp³-hybridized carbons (Fsp3) is 0.714. The Labute approximate surface area is 149 Å². The fourth-order valence-electron chi connectivity index (χ4n) is 1.52. The van der Waals surface area contributed by atoms with E-state index in [1.54, 1.807) is 7.05 Å². The van der Waals surface area contributed by atoms with Gasteiger partial charge in [-0.3, -0.25) is 14.4 Å². The molecule has 0 spiro atoms. The van der Waals surface area contributed by atoms with Gasteiger partial charge in [-0.15, -0.1) is 0 Å². The van der Waals surface area contributed by atoms with E-state index in [0.717, 1.165) is 0 Å². The van der Waals surface area contributed by atoms with Crippen LogP contribution in [0.1, 0.15) is 33.1 Å². The molecular weight excluding hydrogens is 343 g/mol. The van der Waals surface area contributed by atoms with E-state index < -0.39 is 5.25 Å². The number of amides is 2. The van der Waals surface area contributed by atoms with Gasteiger partial charge in [-0.05, 0) is 6.42 Å². The Kier molecular flexibility index (Phi) is 13.6. The number of nitrogens with one attached hydrogen (secondary N) is 1. The van der Waals surface area contributed by atoms with Gasteiger partial charge in [-0.2, -0.15) is 0 Å². The summed E-state index contributed by atoms with van der Waals surface area (Å²) in [6.07, 6.45) is 1.07. The van der Waals surface area contributed by atoms with Crippen LogP contribution in [0.25, 0.3) is 0 Å². The zero-order valence-corrected chi connectivity index (χ0v) is 15.4. The van der Waals surface area contributed by atoms with Crippen molar-refractivity contribution < 1.29 is 37.7 Å². The summed E-state index contributed by atoms with van der Waals surface area (Å²) in [6.45, 7) is 4.17. The molecule has 0 saturated carbocycles. The van der Waals surface area contributed by atoms with Gasteiger partial charge in [-0.25, -0.2) is 0 Å². The average Bonchev–Trinajstić information content (AvgIpc) is 2.43. The monoisotopic (exact) mass is 366 g/mol. The smallest absolute Gasteiger partial charge is 0.221 e. The van der Waals surface area contributed by atoms with Crippen LogP contribution in [0.15, 0.2) is 0 Å². The van der Waals surface area contributed by atoms with E-state index in [0.29, 0.717) is 19.3 Å². The van der Waals surface area contributed by atoms with E-state index in [1.165, 1.54) is 4.90 Å². The summed E-state index contributed by atoms with van der Waals surface area (Å²) in [4.78, 5) is 46.3. The minimum absolute atomic E-state index is 0. The van der Waals surface area contributed by atoms with Crippen molar-refractivity contribution in [1.29, 1.82) is 0 Å². The van der Waals surface area contributed by atoms with Crippen molar-refractivity contribution in [3.8, 4) is 0 Å². The molecule has 2 amide bonds. The van der Waals surface area contributed by atoms with Gasteiger partial charge in [0, 0.05) is 57.5 Å². The number of aldehydes is 1. The topological polar surface area (TPSA) is 83.6 Å². The first-order chi connectivity index (χ1) is 9.79. The second-order valence-electron chi connectivity index (χ2n) is 5.12. The average molecular weight is 366 g/mol. The molecule has 6 nitrogen and oxygen atoms in total. The molecule has 22 heavy (non-hydrogen) atoms. The number of nitrogens with zero attached hydrogens (tertiary/aromatic N) is 1. The zero-order valence-electron chi connectivity index (χ0n) is 13.2. The normalized spacial score (nSPS) is 11.3. The molecule has 0 rings (SSSR count).